The highest BCUT2D eigenvalue weighted by Crippen LogP contribution is 2.44. The zero-order chi connectivity index (χ0) is 52.9. The van der Waals surface area contributed by atoms with Crippen molar-refractivity contribution in [1.29, 1.82) is 0 Å². The number of carbonyl (C=O) groups is 4. The van der Waals surface area contributed by atoms with E-state index in [4.69, 9.17) is 4.74 Å². The lowest BCUT2D eigenvalue weighted by Gasteiger charge is -2.44. The molecule has 0 atom stereocenters. The second kappa shape index (κ2) is 28.7. The van der Waals surface area contributed by atoms with E-state index in [9.17, 15) is 19.2 Å². The fraction of sp³-hybridized carbons (Fsp3) is 0.419. The van der Waals surface area contributed by atoms with Crippen molar-refractivity contribution in [3.63, 3.8) is 0 Å². The average Bonchev–Trinajstić information content (AvgIpc) is 4.19. The summed E-state index contributed by atoms with van der Waals surface area (Å²) in [4.78, 5) is 57.3. The third-order valence-corrected chi connectivity index (χ3v) is 17.3. The van der Waals surface area contributed by atoms with E-state index >= 15 is 0 Å². The van der Waals surface area contributed by atoms with E-state index in [0.717, 1.165) is 81.3 Å². The van der Waals surface area contributed by atoms with Gasteiger partial charge >= 0.3 is 0 Å². The number of para-hydroxylation sites is 1. The van der Waals surface area contributed by atoms with Crippen LogP contribution in [0.4, 0.5) is 0 Å². The first kappa shape index (κ1) is 56.6. The van der Waals surface area contributed by atoms with Gasteiger partial charge in [0.2, 0.25) is 23.6 Å². The summed E-state index contributed by atoms with van der Waals surface area (Å²) in [5.41, 5.74) is 3.76. The average molecular weight is 1050 g/mol. The Morgan fingerprint density at radius 1 is 0.520 bits per heavy atom. The number of amides is 4. The molecule has 0 spiro atoms. The van der Waals surface area contributed by atoms with Gasteiger partial charge in [-0.3, -0.25) is 29.0 Å². The van der Waals surface area contributed by atoms with Crippen LogP contribution in [0.5, 0.6) is 11.5 Å². The molecule has 75 heavy (non-hydrogen) atoms. The summed E-state index contributed by atoms with van der Waals surface area (Å²) in [6, 6.07) is 47.5. The SMILES string of the molecule is CN(C)C1(c2cccs2)CCC(NC(=O)CCC(=O)NCCc2ccc(Oc3ccccc3)cc2)CC1.CN(C)C1(c2cccs2)CCC(NC(=O)CCCC(=O)NCCC(c2ccccc2)c2ccccc2)CC1. The summed E-state index contributed by atoms with van der Waals surface area (Å²) in [5.74, 6) is 1.77. The Kier molecular flexibility index (Phi) is 21.6. The number of hydrogen-bond acceptors (Lipinski definition) is 9. The molecule has 0 saturated heterocycles. The molecule has 2 aliphatic carbocycles. The van der Waals surface area contributed by atoms with Gasteiger partial charge in [0, 0.05) is 66.5 Å². The second-order valence-electron chi connectivity index (χ2n) is 20.5. The van der Waals surface area contributed by atoms with Crippen LogP contribution in [0, 0.1) is 0 Å². The Balaban J connectivity index is 0.000000219. The van der Waals surface area contributed by atoms with Crippen molar-refractivity contribution in [2.75, 3.05) is 41.3 Å². The fourth-order valence-corrected chi connectivity index (χ4v) is 12.9. The third kappa shape index (κ3) is 16.7. The standard InChI is InChI=1S/C32H41N3O2S.C30H37N3O3S/c1-35(2)32(29-15-10-24-38-29)21-18-27(19-22-32)34-31(37)17-9-16-30(36)33-23-20-28(25-11-5-3-6-12-25)26-13-7-4-8-14-26;1-33(2)30(27-9-6-22-37-27)19-16-24(17-20-30)32-29(35)15-14-28(34)31-21-18-23-10-12-26(13-11-23)36-25-7-4-3-5-8-25/h3-8,10-15,24,27-28H,9,16-23H2,1-2H3,(H,33,36)(H,34,37);3-13,22,24H,14-21H2,1-2H3,(H,31,34)(H,32,35). The molecule has 0 radical (unpaired) electrons. The smallest absolute Gasteiger partial charge is 0.220 e. The van der Waals surface area contributed by atoms with Crippen molar-refractivity contribution in [2.45, 2.75) is 125 Å². The van der Waals surface area contributed by atoms with Crippen LogP contribution in [0.15, 0.2) is 150 Å². The molecular formula is C62H78N6O5S2. The van der Waals surface area contributed by atoms with Crippen LogP contribution >= 0.6 is 22.7 Å². The maximum absolute atomic E-state index is 12.6. The van der Waals surface area contributed by atoms with Crippen molar-refractivity contribution in [1.82, 2.24) is 31.1 Å². The Labute approximate surface area is 453 Å². The van der Waals surface area contributed by atoms with E-state index in [1.54, 1.807) is 0 Å². The lowest BCUT2D eigenvalue weighted by Crippen LogP contribution is -2.48. The first-order valence-electron chi connectivity index (χ1n) is 26.9. The van der Waals surface area contributed by atoms with Crippen molar-refractivity contribution in [3.05, 3.63) is 177 Å². The zero-order valence-electron chi connectivity index (χ0n) is 44.4. The highest BCUT2D eigenvalue weighted by Gasteiger charge is 2.41. The molecule has 4 amide bonds. The van der Waals surface area contributed by atoms with Gasteiger partial charge in [0.15, 0.2) is 0 Å². The normalized spacial score (nSPS) is 19.4. The van der Waals surface area contributed by atoms with Crippen LogP contribution in [0.1, 0.15) is 122 Å². The molecule has 2 heterocycles. The van der Waals surface area contributed by atoms with Gasteiger partial charge in [-0.2, -0.15) is 0 Å². The van der Waals surface area contributed by atoms with Crippen LogP contribution in [-0.4, -0.2) is 86.8 Å². The lowest BCUT2D eigenvalue weighted by molar-refractivity contribution is -0.127. The number of nitrogens with one attached hydrogen (secondary N) is 4. The predicted molar refractivity (Wildman–Crippen MR) is 305 cm³/mol. The second-order valence-corrected chi connectivity index (χ2v) is 22.4. The molecular weight excluding hydrogens is 973 g/mol. The zero-order valence-corrected chi connectivity index (χ0v) is 46.1. The number of hydrogen-bond donors (Lipinski definition) is 4. The Bertz CT molecular complexity index is 2570. The molecule has 6 aromatic rings. The van der Waals surface area contributed by atoms with E-state index in [0.29, 0.717) is 32.4 Å². The van der Waals surface area contributed by atoms with E-state index in [2.05, 4.69) is 143 Å². The van der Waals surface area contributed by atoms with E-state index in [1.807, 2.05) is 89.4 Å². The summed E-state index contributed by atoms with van der Waals surface area (Å²) < 4.78 is 5.81. The lowest BCUT2D eigenvalue weighted by atomic mass is 9.77. The molecule has 4 aromatic carbocycles. The number of carbonyl (C=O) groups excluding carboxylic acids is 4. The van der Waals surface area contributed by atoms with Crippen LogP contribution in [0.3, 0.4) is 0 Å². The number of thiophene rings is 2. The van der Waals surface area contributed by atoms with Crippen molar-refractivity contribution < 1.29 is 23.9 Å². The molecule has 2 aromatic heterocycles. The number of benzene rings is 4. The molecule has 13 heteroatoms. The van der Waals surface area contributed by atoms with Gasteiger partial charge in [-0.05, 0) is 163 Å². The highest BCUT2D eigenvalue weighted by molar-refractivity contribution is 7.10. The molecule has 11 nitrogen and oxygen atoms in total. The quantitative estimate of drug-likeness (QED) is 0.0502. The number of ether oxygens (including phenoxy) is 1. The van der Waals surface area contributed by atoms with Crippen LogP contribution < -0.4 is 26.0 Å². The summed E-state index contributed by atoms with van der Waals surface area (Å²) in [5, 5.41) is 16.7. The fourth-order valence-electron chi connectivity index (χ4n) is 10.8. The molecule has 2 fully saturated rings. The van der Waals surface area contributed by atoms with Gasteiger partial charge in [0.1, 0.15) is 11.5 Å². The van der Waals surface area contributed by atoms with Crippen LogP contribution in [0.2, 0.25) is 0 Å². The maximum Gasteiger partial charge on any atom is 0.220 e. The molecule has 0 unspecified atom stereocenters. The summed E-state index contributed by atoms with van der Waals surface area (Å²) in [6.45, 7) is 1.15. The molecule has 2 saturated carbocycles. The Morgan fingerprint density at radius 3 is 1.43 bits per heavy atom. The molecule has 2 aliphatic rings. The Hall–Kier alpha value is -6.12. The minimum atomic E-state index is -0.0906. The highest BCUT2D eigenvalue weighted by atomic mass is 32.1. The van der Waals surface area contributed by atoms with E-state index in [-0.39, 0.29) is 65.5 Å². The number of nitrogens with zero attached hydrogens (tertiary/aromatic N) is 2. The Morgan fingerprint density at radius 2 is 0.947 bits per heavy atom. The maximum atomic E-state index is 12.6. The first-order valence-corrected chi connectivity index (χ1v) is 28.6. The molecule has 0 bridgehead atoms. The van der Waals surface area contributed by atoms with Gasteiger partial charge in [-0.1, -0.05) is 103 Å². The summed E-state index contributed by atoms with van der Waals surface area (Å²) in [7, 11) is 8.61. The monoisotopic (exact) mass is 1050 g/mol. The molecule has 398 valence electrons. The van der Waals surface area contributed by atoms with E-state index < -0.39 is 0 Å². The first-order chi connectivity index (χ1) is 36.4. The van der Waals surface area contributed by atoms with E-state index in [1.165, 1.54) is 20.9 Å². The molecule has 4 N–H and O–H groups in total. The van der Waals surface area contributed by atoms with Crippen molar-refractivity contribution >= 4 is 46.3 Å². The van der Waals surface area contributed by atoms with Crippen LogP contribution in [-0.2, 0) is 36.7 Å². The topological polar surface area (TPSA) is 132 Å². The summed E-state index contributed by atoms with van der Waals surface area (Å²) >= 11 is 3.63. The van der Waals surface area contributed by atoms with Crippen molar-refractivity contribution in [3.8, 4) is 11.5 Å². The van der Waals surface area contributed by atoms with Gasteiger partial charge in [0.05, 0.1) is 11.1 Å². The van der Waals surface area contributed by atoms with Crippen LogP contribution in [0.25, 0.3) is 0 Å². The third-order valence-electron chi connectivity index (χ3n) is 15.2. The van der Waals surface area contributed by atoms with Crippen molar-refractivity contribution in [2.24, 2.45) is 0 Å². The minimum absolute atomic E-state index is 0.0158. The summed E-state index contributed by atoms with van der Waals surface area (Å²) in [6.07, 6.45) is 11.3. The predicted octanol–water partition coefficient (Wildman–Crippen LogP) is 11.6. The van der Waals surface area contributed by atoms with Gasteiger partial charge < -0.3 is 26.0 Å². The van der Waals surface area contributed by atoms with Gasteiger partial charge in [-0.15, -0.1) is 22.7 Å². The van der Waals surface area contributed by atoms with Gasteiger partial charge in [-0.25, -0.2) is 0 Å². The molecule has 8 rings (SSSR count). The minimum Gasteiger partial charge on any atom is -0.457 e. The largest absolute Gasteiger partial charge is 0.457 e. The molecule has 0 aliphatic heterocycles. The number of rotatable bonds is 23. The van der Waals surface area contributed by atoms with Gasteiger partial charge in [0.25, 0.3) is 0 Å².